The summed E-state index contributed by atoms with van der Waals surface area (Å²) in [6.45, 7) is 21.4. The number of nitrogens with two attached hydrogens (primary N) is 2. The highest BCUT2D eigenvalue weighted by Gasteiger charge is 2.27. The third kappa shape index (κ3) is 25.2. The van der Waals surface area contributed by atoms with Crippen molar-refractivity contribution in [2.24, 2.45) is 11.5 Å². The highest BCUT2D eigenvalue weighted by atomic mass is 28.2. The standard InChI is InChI=1S/C19H44N2O5Si2.C15H36N2O5Si2/c1-7-23-18(5,24-8-2)27-15-11-13-21(17(20)22)14-12-16-28-19(6,25-9-3)26-10-4;1-14(19-3,20-4)23-11-7-9-17(13(16)18)10-8-12-24-15(2,21-5)22-6/h7-16,27-28H2,1-6H3,(H2,20,22);7-12,23-24H2,1-6H3,(H2,16,18). The molecule has 0 aliphatic rings. The highest BCUT2D eigenvalue weighted by molar-refractivity contribution is 6.39. The molecule has 0 aromatic heterocycles. The quantitative estimate of drug-likeness (QED) is 0.0584. The molecule has 0 atom stereocenters. The fourth-order valence-corrected chi connectivity index (χ4v) is 12.5. The predicted molar refractivity (Wildman–Crippen MR) is 222 cm³/mol. The maximum atomic E-state index is 11.8. The van der Waals surface area contributed by atoms with Gasteiger partial charge in [0, 0.05) is 81.0 Å². The summed E-state index contributed by atoms with van der Waals surface area (Å²) in [6.07, 6.45) is 3.75. The highest BCUT2D eigenvalue weighted by Crippen LogP contribution is 2.16. The van der Waals surface area contributed by atoms with Crippen LogP contribution in [-0.2, 0) is 37.9 Å². The normalized spacial score (nSPS) is 13.3. The van der Waals surface area contributed by atoms with Gasteiger partial charge in [-0.2, -0.15) is 0 Å². The number of urea groups is 2. The maximum Gasteiger partial charge on any atom is 0.314 e. The summed E-state index contributed by atoms with van der Waals surface area (Å²) in [5.74, 6) is 0. The van der Waals surface area contributed by atoms with Gasteiger partial charge >= 0.3 is 12.1 Å². The van der Waals surface area contributed by atoms with Crippen LogP contribution in [0.15, 0.2) is 0 Å². The van der Waals surface area contributed by atoms with Gasteiger partial charge in [0.15, 0.2) is 0 Å². The molecule has 0 fully saturated rings. The van der Waals surface area contributed by atoms with E-state index in [4.69, 9.17) is 49.4 Å². The number of amides is 4. The number of rotatable bonds is 32. The molecule has 0 aliphatic heterocycles. The first-order chi connectivity index (χ1) is 24.5. The van der Waals surface area contributed by atoms with E-state index in [1.807, 2.05) is 55.4 Å². The summed E-state index contributed by atoms with van der Waals surface area (Å²) in [5.41, 5.74) is 9.40. The smallest absolute Gasteiger partial charge is 0.314 e. The zero-order chi connectivity index (χ0) is 40.1. The zero-order valence-corrected chi connectivity index (χ0v) is 40.9. The lowest BCUT2D eigenvalue weighted by molar-refractivity contribution is -0.163. The van der Waals surface area contributed by atoms with Crippen LogP contribution in [0.4, 0.5) is 9.59 Å². The zero-order valence-electron chi connectivity index (χ0n) is 35.3. The van der Waals surface area contributed by atoms with E-state index in [0.717, 1.165) is 49.9 Å². The van der Waals surface area contributed by atoms with Crippen molar-refractivity contribution in [2.45, 2.75) is 127 Å². The Morgan fingerprint density at radius 1 is 0.462 bits per heavy atom. The van der Waals surface area contributed by atoms with Gasteiger partial charge in [0.25, 0.3) is 0 Å². The Labute approximate surface area is 326 Å². The summed E-state index contributed by atoms with van der Waals surface area (Å²) in [6, 6.07) is 3.52. The Kier molecular flexibility index (Phi) is 31.0. The molecular weight excluding hydrogens is 737 g/mol. The molecule has 0 unspecified atom stereocenters. The Bertz CT molecular complexity index is 840. The van der Waals surface area contributed by atoms with E-state index >= 15 is 0 Å². The summed E-state index contributed by atoms with van der Waals surface area (Å²) in [5, 5.41) is 0. The summed E-state index contributed by atoms with van der Waals surface area (Å²) >= 11 is 0. The first kappa shape index (κ1) is 53.2. The van der Waals surface area contributed by atoms with Crippen molar-refractivity contribution in [3.8, 4) is 0 Å². The predicted octanol–water partition coefficient (Wildman–Crippen LogP) is 2.07. The first-order valence-electron chi connectivity index (χ1n) is 19.4. The summed E-state index contributed by atoms with van der Waals surface area (Å²) < 4.78 is 44.7. The van der Waals surface area contributed by atoms with E-state index in [0.29, 0.717) is 52.6 Å². The lowest BCUT2D eigenvalue weighted by atomic mass is 10.4. The fourth-order valence-electron chi connectivity index (χ4n) is 5.83. The third-order valence-corrected chi connectivity index (χ3v) is 18.4. The van der Waals surface area contributed by atoms with Crippen LogP contribution in [0.5, 0.6) is 0 Å². The molecule has 14 nitrogen and oxygen atoms in total. The third-order valence-electron chi connectivity index (χ3n) is 9.38. The van der Waals surface area contributed by atoms with Crippen LogP contribution in [-0.4, -0.2) is 163 Å². The van der Waals surface area contributed by atoms with Crippen LogP contribution in [0, 0.1) is 0 Å². The molecule has 0 heterocycles. The van der Waals surface area contributed by atoms with Gasteiger partial charge in [-0.15, -0.1) is 0 Å². The lowest BCUT2D eigenvalue weighted by Crippen LogP contribution is -2.41. The molecule has 0 aliphatic carbocycles. The van der Waals surface area contributed by atoms with Crippen molar-refractivity contribution in [1.29, 1.82) is 0 Å². The van der Waals surface area contributed by atoms with Crippen LogP contribution in [0.3, 0.4) is 0 Å². The Morgan fingerprint density at radius 3 is 0.846 bits per heavy atom. The molecule has 52 heavy (non-hydrogen) atoms. The minimum Gasteiger partial charge on any atom is -0.358 e. The van der Waals surface area contributed by atoms with Gasteiger partial charge in [0.1, 0.15) is 21.6 Å². The molecule has 0 radical (unpaired) electrons. The molecule has 0 saturated heterocycles. The second-order valence-electron chi connectivity index (χ2n) is 13.6. The number of hydrogen-bond acceptors (Lipinski definition) is 10. The van der Waals surface area contributed by atoms with Crippen molar-refractivity contribution in [2.75, 3.05) is 81.0 Å². The molecule has 4 amide bonds. The molecule has 0 aromatic rings. The Morgan fingerprint density at radius 2 is 0.673 bits per heavy atom. The van der Waals surface area contributed by atoms with Crippen LogP contribution >= 0.6 is 0 Å². The number of primary amides is 2. The van der Waals surface area contributed by atoms with E-state index in [1.165, 1.54) is 0 Å². The molecule has 0 rings (SSSR count). The Balaban J connectivity index is 0. The SMILES string of the molecule is CCOC(C)(OCC)[SiH2]CCCN(CCC[SiH2]C(C)(OCC)OCC)C(N)=O.COC(C)(OC)[SiH2]CCCN(CCC[SiH2]C(C)(OC)OC)C(N)=O. The largest absolute Gasteiger partial charge is 0.358 e. The van der Waals surface area contributed by atoms with Gasteiger partial charge in [-0.1, -0.05) is 24.2 Å². The molecule has 312 valence electrons. The topological polar surface area (TPSA) is 166 Å². The number of hydrogen-bond donors (Lipinski definition) is 2. The van der Waals surface area contributed by atoms with Crippen molar-refractivity contribution in [3.05, 3.63) is 0 Å². The monoisotopic (exact) mass is 816 g/mol. The summed E-state index contributed by atoms with van der Waals surface area (Å²) in [4.78, 5) is 26.8. The minimum atomic E-state index is -0.564. The summed E-state index contributed by atoms with van der Waals surface area (Å²) in [7, 11) is 4.48. The van der Waals surface area contributed by atoms with E-state index < -0.39 is 59.7 Å². The number of carbonyl (C=O) groups is 2. The molecule has 18 heteroatoms. The minimum absolute atomic E-state index is 0.335. The Hall–Kier alpha value is -0.912. The second-order valence-corrected chi connectivity index (χ2v) is 23.5. The number of ether oxygens (including phenoxy) is 8. The van der Waals surface area contributed by atoms with Crippen LogP contribution in [0.25, 0.3) is 0 Å². The van der Waals surface area contributed by atoms with Crippen LogP contribution < -0.4 is 11.5 Å². The molecule has 0 spiro atoms. The number of carbonyl (C=O) groups excluding carboxylic acids is 2. The van der Waals surface area contributed by atoms with Gasteiger partial charge < -0.3 is 59.2 Å². The van der Waals surface area contributed by atoms with E-state index in [9.17, 15) is 9.59 Å². The van der Waals surface area contributed by atoms with Crippen molar-refractivity contribution >= 4 is 50.1 Å². The fraction of sp³-hybridized carbons (Fsp3) is 0.941. The van der Waals surface area contributed by atoms with Gasteiger partial charge in [0.05, 0.1) is 38.1 Å². The van der Waals surface area contributed by atoms with Gasteiger partial charge in [0.2, 0.25) is 0 Å². The molecule has 0 aromatic carbocycles. The number of nitrogens with zero attached hydrogens (tertiary/aromatic N) is 2. The van der Waals surface area contributed by atoms with Gasteiger partial charge in [-0.3, -0.25) is 0 Å². The molecular formula is C34H80N4O10Si4. The number of methoxy groups -OCH3 is 4. The lowest BCUT2D eigenvalue weighted by Gasteiger charge is -2.30. The van der Waals surface area contributed by atoms with E-state index in [2.05, 4.69) is 0 Å². The van der Waals surface area contributed by atoms with E-state index in [1.54, 1.807) is 38.2 Å². The van der Waals surface area contributed by atoms with E-state index in [-0.39, 0.29) is 12.1 Å². The average Bonchev–Trinajstić information content (AvgIpc) is 3.10. The maximum absolute atomic E-state index is 11.8. The van der Waals surface area contributed by atoms with Gasteiger partial charge in [-0.25, -0.2) is 9.59 Å². The van der Waals surface area contributed by atoms with Crippen LogP contribution in [0.2, 0.25) is 24.2 Å². The first-order valence-corrected chi connectivity index (χ1v) is 26.2. The van der Waals surface area contributed by atoms with Crippen LogP contribution in [0.1, 0.15) is 81.1 Å². The molecule has 0 bridgehead atoms. The molecule has 4 N–H and O–H groups in total. The average molecular weight is 817 g/mol. The van der Waals surface area contributed by atoms with Crippen molar-refractivity contribution in [3.63, 3.8) is 0 Å². The van der Waals surface area contributed by atoms with Gasteiger partial charge in [-0.05, 0) is 81.1 Å². The van der Waals surface area contributed by atoms with Crippen molar-refractivity contribution < 1.29 is 47.5 Å². The molecule has 0 saturated carbocycles. The van der Waals surface area contributed by atoms with Crippen molar-refractivity contribution in [1.82, 2.24) is 9.80 Å². The second kappa shape index (κ2) is 30.3.